The van der Waals surface area contributed by atoms with Crippen LogP contribution in [0, 0.1) is 5.92 Å². The van der Waals surface area contributed by atoms with E-state index in [1.807, 2.05) is 0 Å². The summed E-state index contributed by atoms with van der Waals surface area (Å²) in [5.74, 6) is -1.73. The van der Waals surface area contributed by atoms with Crippen molar-refractivity contribution >= 4 is 18.0 Å². The molecule has 1 rings (SSSR count). The number of methoxy groups -OCH3 is 1. The van der Waals surface area contributed by atoms with Crippen LogP contribution in [0.15, 0.2) is 0 Å². The highest BCUT2D eigenvalue weighted by Gasteiger charge is 2.48. The second-order valence-corrected chi connectivity index (χ2v) is 4.63. The lowest BCUT2D eigenvalue weighted by molar-refractivity contribution is -0.144. The molecule has 1 saturated carbocycles. The molecule has 1 fully saturated rings. The molecule has 1 aliphatic carbocycles. The Morgan fingerprint density at radius 2 is 1.94 bits per heavy atom. The number of hydrogen-bond acceptors (Lipinski definition) is 4. The van der Waals surface area contributed by atoms with Gasteiger partial charge in [-0.3, -0.25) is 0 Å². The summed E-state index contributed by atoms with van der Waals surface area (Å²) in [4.78, 5) is 33.9. The van der Waals surface area contributed by atoms with Gasteiger partial charge in [0.2, 0.25) is 0 Å². The minimum atomic E-state index is -1.29. The van der Waals surface area contributed by atoms with Crippen LogP contribution in [0.4, 0.5) is 4.79 Å². The van der Waals surface area contributed by atoms with Gasteiger partial charge >= 0.3 is 18.0 Å². The summed E-state index contributed by atoms with van der Waals surface area (Å²) >= 11 is 0. The average Bonchev–Trinajstić information content (AvgIpc) is 3.11. The van der Waals surface area contributed by atoms with E-state index in [1.54, 1.807) is 0 Å². The molecular formula is C11H18N2O5. The molecule has 0 saturated heterocycles. The summed E-state index contributed by atoms with van der Waals surface area (Å²) in [6.07, 6.45) is 1.55. The summed E-state index contributed by atoms with van der Waals surface area (Å²) in [6, 6.07) is -1.52. The monoisotopic (exact) mass is 258 g/mol. The molecule has 0 spiro atoms. The van der Waals surface area contributed by atoms with Crippen LogP contribution in [-0.2, 0) is 14.3 Å². The van der Waals surface area contributed by atoms with Crippen molar-refractivity contribution in [3.05, 3.63) is 0 Å². The molecular weight excluding hydrogens is 240 g/mol. The summed E-state index contributed by atoms with van der Waals surface area (Å²) < 4.78 is 4.45. The molecule has 0 aromatic rings. The fraction of sp³-hybridized carbons (Fsp3) is 0.727. The fourth-order valence-electron chi connectivity index (χ4n) is 1.70. The lowest BCUT2D eigenvalue weighted by atomic mass is 9.96. The number of amides is 2. The second-order valence-electron chi connectivity index (χ2n) is 4.63. The van der Waals surface area contributed by atoms with Crippen molar-refractivity contribution in [1.29, 1.82) is 0 Å². The first-order chi connectivity index (χ1) is 8.31. The molecule has 1 aliphatic rings. The van der Waals surface area contributed by atoms with Gasteiger partial charge in [-0.2, -0.15) is 0 Å². The van der Waals surface area contributed by atoms with Crippen LogP contribution in [0.3, 0.4) is 0 Å². The molecule has 2 amide bonds. The van der Waals surface area contributed by atoms with Crippen LogP contribution >= 0.6 is 0 Å². The number of esters is 1. The zero-order valence-electron chi connectivity index (χ0n) is 10.6. The molecule has 2 unspecified atom stereocenters. The van der Waals surface area contributed by atoms with Crippen molar-refractivity contribution in [2.45, 2.75) is 38.3 Å². The van der Waals surface area contributed by atoms with Crippen LogP contribution in [0.5, 0.6) is 0 Å². The number of carbonyl (C=O) groups is 3. The third-order valence-electron chi connectivity index (χ3n) is 3.11. The lowest BCUT2D eigenvalue weighted by Crippen LogP contribution is -2.58. The number of carbonyl (C=O) groups excluding carboxylic acids is 2. The molecule has 0 aromatic heterocycles. The predicted molar refractivity (Wildman–Crippen MR) is 61.9 cm³/mol. The van der Waals surface area contributed by atoms with Gasteiger partial charge in [0, 0.05) is 0 Å². The van der Waals surface area contributed by atoms with E-state index in [2.05, 4.69) is 15.4 Å². The van der Waals surface area contributed by atoms with Crippen molar-refractivity contribution in [2.24, 2.45) is 5.92 Å². The standard InChI is InChI=1S/C11H18N2O5/c1-6(8(14)18-3)12-10(17)13-11(2,9(15)16)7-4-5-7/h6-7H,4-5H2,1-3H3,(H,15,16)(H2,12,13,17). The first kappa shape index (κ1) is 14.3. The molecule has 0 aliphatic heterocycles. The number of ether oxygens (including phenoxy) is 1. The highest BCUT2D eigenvalue weighted by atomic mass is 16.5. The smallest absolute Gasteiger partial charge is 0.329 e. The van der Waals surface area contributed by atoms with E-state index in [1.165, 1.54) is 21.0 Å². The van der Waals surface area contributed by atoms with Gasteiger partial charge in [0.1, 0.15) is 11.6 Å². The number of carboxylic acids is 1. The van der Waals surface area contributed by atoms with Crippen LogP contribution in [0.2, 0.25) is 0 Å². The Balaban J connectivity index is 2.57. The van der Waals surface area contributed by atoms with Gasteiger partial charge in [-0.1, -0.05) is 0 Å². The van der Waals surface area contributed by atoms with E-state index in [4.69, 9.17) is 5.11 Å². The minimum Gasteiger partial charge on any atom is -0.480 e. The van der Waals surface area contributed by atoms with Crippen LogP contribution in [0.25, 0.3) is 0 Å². The van der Waals surface area contributed by atoms with Crippen LogP contribution in [0.1, 0.15) is 26.7 Å². The van der Waals surface area contributed by atoms with Gasteiger partial charge in [-0.25, -0.2) is 14.4 Å². The summed E-state index contributed by atoms with van der Waals surface area (Å²) in [5.41, 5.74) is -1.29. The number of carboxylic acid groups (broad SMARTS) is 1. The van der Waals surface area contributed by atoms with Crippen LogP contribution in [-0.4, -0.2) is 41.8 Å². The Bertz CT molecular complexity index is 366. The van der Waals surface area contributed by atoms with Gasteiger partial charge in [0.05, 0.1) is 7.11 Å². The molecule has 0 bridgehead atoms. The van der Waals surface area contributed by atoms with E-state index >= 15 is 0 Å². The molecule has 0 radical (unpaired) electrons. The number of rotatable bonds is 5. The maximum Gasteiger partial charge on any atom is 0.329 e. The number of aliphatic carboxylic acids is 1. The largest absolute Gasteiger partial charge is 0.480 e. The number of nitrogens with one attached hydrogen (secondary N) is 2. The van der Waals surface area contributed by atoms with E-state index < -0.39 is 29.6 Å². The molecule has 7 nitrogen and oxygen atoms in total. The van der Waals surface area contributed by atoms with Gasteiger partial charge in [0.25, 0.3) is 0 Å². The predicted octanol–water partition coefficient (Wildman–Crippen LogP) is 0.100. The minimum absolute atomic E-state index is 0.0609. The topological polar surface area (TPSA) is 105 Å². The quantitative estimate of drug-likeness (QED) is 0.607. The summed E-state index contributed by atoms with van der Waals surface area (Å²) in [5, 5.41) is 13.9. The maximum atomic E-state index is 11.6. The van der Waals surface area contributed by atoms with Crippen molar-refractivity contribution < 1.29 is 24.2 Å². The van der Waals surface area contributed by atoms with Gasteiger partial charge < -0.3 is 20.5 Å². The third-order valence-corrected chi connectivity index (χ3v) is 3.11. The zero-order chi connectivity index (χ0) is 13.9. The Kier molecular flexibility index (Phi) is 4.15. The maximum absolute atomic E-state index is 11.6. The van der Waals surface area contributed by atoms with E-state index in [0.29, 0.717) is 0 Å². The second kappa shape index (κ2) is 5.24. The zero-order valence-corrected chi connectivity index (χ0v) is 10.6. The normalized spacial score (nSPS) is 19.3. The van der Waals surface area contributed by atoms with Gasteiger partial charge in [-0.05, 0) is 32.6 Å². The molecule has 0 heterocycles. The third kappa shape index (κ3) is 3.12. The SMILES string of the molecule is COC(=O)C(C)NC(=O)NC(C)(C(=O)O)C1CC1. The van der Waals surface area contributed by atoms with E-state index in [-0.39, 0.29) is 5.92 Å². The molecule has 7 heteroatoms. The molecule has 3 N–H and O–H groups in total. The van der Waals surface area contributed by atoms with Gasteiger partial charge in [0.15, 0.2) is 0 Å². The first-order valence-corrected chi connectivity index (χ1v) is 5.71. The Labute approximate surface area is 105 Å². The highest BCUT2D eigenvalue weighted by Crippen LogP contribution is 2.39. The summed E-state index contributed by atoms with van der Waals surface area (Å²) in [7, 11) is 1.21. The fourth-order valence-corrected chi connectivity index (χ4v) is 1.70. The van der Waals surface area contributed by atoms with E-state index in [0.717, 1.165) is 12.8 Å². The molecule has 18 heavy (non-hydrogen) atoms. The Morgan fingerprint density at radius 1 is 1.39 bits per heavy atom. The van der Waals surface area contributed by atoms with Crippen molar-refractivity contribution in [2.75, 3.05) is 7.11 Å². The Morgan fingerprint density at radius 3 is 2.33 bits per heavy atom. The first-order valence-electron chi connectivity index (χ1n) is 5.71. The van der Waals surface area contributed by atoms with E-state index in [9.17, 15) is 14.4 Å². The van der Waals surface area contributed by atoms with Gasteiger partial charge in [-0.15, -0.1) is 0 Å². The Hall–Kier alpha value is -1.79. The van der Waals surface area contributed by atoms with Crippen molar-refractivity contribution in [1.82, 2.24) is 10.6 Å². The lowest BCUT2D eigenvalue weighted by Gasteiger charge is -2.26. The number of urea groups is 1. The summed E-state index contributed by atoms with van der Waals surface area (Å²) in [6.45, 7) is 2.93. The number of hydrogen-bond donors (Lipinski definition) is 3. The van der Waals surface area contributed by atoms with Crippen LogP contribution < -0.4 is 10.6 Å². The van der Waals surface area contributed by atoms with Crippen molar-refractivity contribution in [3.63, 3.8) is 0 Å². The average molecular weight is 258 g/mol. The molecule has 2 atom stereocenters. The molecule has 0 aromatic carbocycles. The molecule has 102 valence electrons. The van der Waals surface area contributed by atoms with Crippen molar-refractivity contribution in [3.8, 4) is 0 Å². The highest BCUT2D eigenvalue weighted by molar-refractivity contribution is 5.88.